The minimum atomic E-state index is 0.0583. The predicted octanol–water partition coefficient (Wildman–Crippen LogP) is 2.29. The quantitative estimate of drug-likeness (QED) is 0.468. The minimum Gasteiger partial charge on any atom is -0.492 e. The number of amides is 1. The summed E-state index contributed by atoms with van der Waals surface area (Å²) in [6.45, 7) is 6.56. The first-order valence-electron chi connectivity index (χ1n) is 9.29. The number of aliphatic imine (C=N–C) groups is 1. The van der Waals surface area contributed by atoms with Crippen LogP contribution in [0.5, 0.6) is 5.75 Å². The highest BCUT2D eigenvalue weighted by atomic mass is 35.5. The maximum atomic E-state index is 11.7. The number of benzene rings is 1. The molecule has 1 unspecified atom stereocenters. The Morgan fingerprint density at radius 1 is 1.50 bits per heavy atom. The molecule has 0 saturated carbocycles. The zero-order chi connectivity index (χ0) is 18.4. The zero-order valence-corrected chi connectivity index (χ0v) is 16.0. The molecule has 1 aromatic rings. The molecular weight excluding hydrogens is 352 g/mol. The van der Waals surface area contributed by atoms with Gasteiger partial charge in [0.05, 0.1) is 6.54 Å². The van der Waals surface area contributed by atoms with Gasteiger partial charge in [0.1, 0.15) is 12.4 Å². The molecule has 142 valence electrons. The van der Waals surface area contributed by atoms with E-state index in [0.29, 0.717) is 24.6 Å². The number of piperidine rings is 1. The molecule has 0 aliphatic carbocycles. The Bertz CT molecular complexity index is 667. The Morgan fingerprint density at radius 3 is 3.12 bits per heavy atom. The van der Waals surface area contributed by atoms with Crippen LogP contribution in [0.1, 0.15) is 26.2 Å². The van der Waals surface area contributed by atoms with Crippen LogP contribution in [0.3, 0.4) is 0 Å². The summed E-state index contributed by atoms with van der Waals surface area (Å²) in [6.07, 6.45) is 2.80. The van der Waals surface area contributed by atoms with Crippen molar-refractivity contribution in [1.29, 1.82) is 0 Å². The van der Waals surface area contributed by atoms with Gasteiger partial charge in [-0.2, -0.15) is 0 Å². The van der Waals surface area contributed by atoms with Crippen LogP contribution in [-0.4, -0.2) is 56.1 Å². The fraction of sp³-hybridized carbons (Fsp3) is 0.579. The van der Waals surface area contributed by atoms with Crippen molar-refractivity contribution in [2.75, 3.05) is 39.3 Å². The van der Waals surface area contributed by atoms with Crippen LogP contribution in [0.4, 0.5) is 0 Å². The van der Waals surface area contributed by atoms with E-state index >= 15 is 0 Å². The van der Waals surface area contributed by atoms with E-state index in [2.05, 4.69) is 22.5 Å². The number of likely N-dealkylation sites (tertiary alicyclic amines) is 1. The van der Waals surface area contributed by atoms with Crippen molar-refractivity contribution in [2.24, 2.45) is 10.4 Å². The average molecular weight is 379 g/mol. The van der Waals surface area contributed by atoms with Crippen LogP contribution < -0.4 is 15.4 Å². The zero-order valence-electron chi connectivity index (χ0n) is 15.3. The second kappa shape index (κ2) is 8.62. The Labute approximate surface area is 159 Å². The number of nitrogens with zero attached hydrogens (tertiary/aromatic N) is 2. The highest BCUT2D eigenvalue weighted by Gasteiger charge is 2.42. The van der Waals surface area contributed by atoms with E-state index in [0.717, 1.165) is 50.7 Å². The Morgan fingerprint density at radius 2 is 2.38 bits per heavy atom. The SMILES string of the molecule is CCNC(=NCCOc1cccc(Cl)c1)N1CCCC2(CNC(=O)C2)C1. The van der Waals surface area contributed by atoms with E-state index < -0.39 is 0 Å². The molecule has 0 radical (unpaired) electrons. The fourth-order valence-corrected chi connectivity index (χ4v) is 3.91. The van der Waals surface area contributed by atoms with Crippen molar-refractivity contribution >= 4 is 23.5 Å². The van der Waals surface area contributed by atoms with Gasteiger partial charge in [0.15, 0.2) is 5.96 Å². The van der Waals surface area contributed by atoms with Gasteiger partial charge in [-0.05, 0) is 38.0 Å². The third-order valence-corrected chi connectivity index (χ3v) is 5.14. The lowest BCUT2D eigenvalue weighted by molar-refractivity contribution is -0.119. The molecule has 7 heteroatoms. The van der Waals surface area contributed by atoms with Crippen molar-refractivity contribution < 1.29 is 9.53 Å². The number of carbonyl (C=O) groups excluding carboxylic acids is 1. The van der Waals surface area contributed by atoms with Gasteiger partial charge in [-0.25, -0.2) is 4.99 Å². The third-order valence-electron chi connectivity index (χ3n) is 4.91. The highest BCUT2D eigenvalue weighted by Crippen LogP contribution is 2.35. The molecule has 2 heterocycles. The van der Waals surface area contributed by atoms with Gasteiger partial charge in [-0.15, -0.1) is 0 Å². The van der Waals surface area contributed by atoms with Crippen molar-refractivity contribution in [3.63, 3.8) is 0 Å². The number of nitrogens with one attached hydrogen (secondary N) is 2. The second-order valence-electron chi connectivity index (χ2n) is 7.02. The number of rotatable bonds is 5. The topological polar surface area (TPSA) is 66.0 Å². The summed E-state index contributed by atoms with van der Waals surface area (Å²) < 4.78 is 5.72. The summed E-state index contributed by atoms with van der Waals surface area (Å²) in [6, 6.07) is 7.38. The molecule has 0 aromatic heterocycles. The number of guanidine groups is 1. The molecule has 2 fully saturated rings. The maximum Gasteiger partial charge on any atom is 0.220 e. The second-order valence-corrected chi connectivity index (χ2v) is 7.46. The first-order chi connectivity index (χ1) is 12.6. The Kier molecular flexibility index (Phi) is 6.25. The lowest BCUT2D eigenvalue weighted by Gasteiger charge is -2.40. The molecule has 6 nitrogen and oxygen atoms in total. The Hall–Kier alpha value is -1.95. The van der Waals surface area contributed by atoms with E-state index in [1.807, 2.05) is 18.2 Å². The Balaban J connectivity index is 1.57. The lowest BCUT2D eigenvalue weighted by atomic mass is 9.79. The molecule has 2 aliphatic heterocycles. The van der Waals surface area contributed by atoms with Gasteiger partial charge in [0, 0.05) is 43.0 Å². The van der Waals surface area contributed by atoms with Crippen LogP contribution >= 0.6 is 11.6 Å². The van der Waals surface area contributed by atoms with Crippen molar-refractivity contribution in [3.8, 4) is 5.75 Å². The summed E-state index contributed by atoms with van der Waals surface area (Å²) in [7, 11) is 0. The van der Waals surface area contributed by atoms with E-state index in [9.17, 15) is 4.79 Å². The molecule has 1 atom stereocenters. The molecule has 0 bridgehead atoms. The first-order valence-corrected chi connectivity index (χ1v) is 9.66. The molecule has 3 rings (SSSR count). The van der Waals surface area contributed by atoms with Crippen LogP contribution in [0, 0.1) is 5.41 Å². The highest BCUT2D eigenvalue weighted by molar-refractivity contribution is 6.30. The van der Waals surface area contributed by atoms with Crippen LogP contribution in [-0.2, 0) is 4.79 Å². The number of hydrogen-bond donors (Lipinski definition) is 2. The van der Waals surface area contributed by atoms with E-state index in [1.54, 1.807) is 6.07 Å². The standard InChI is InChI=1S/C19H27ClN4O2/c1-2-21-18(22-8-10-26-16-6-3-5-15(20)11-16)24-9-4-7-19(14-24)12-17(25)23-13-19/h3,5-6,11H,2,4,7-10,12-14H2,1H3,(H,21,22)(H,23,25). The van der Waals surface area contributed by atoms with E-state index in [4.69, 9.17) is 21.3 Å². The van der Waals surface area contributed by atoms with Gasteiger partial charge in [0.25, 0.3) is 0 Å². The molecule has 26 heavy (non-hydrogen) atoms. The van der Waals surface area contributed by atoms with Gasteiger partial charge < -0.3 is 20.3 Å². The van der Waals surface area contributed by atoms with E-state index in [1.165, 1.54) is 0 Å². The summed E-state index contributed by atoms with van der Waals surface area (Å²) in [4.78, 5) is 18.7. The van der Waals surface area contributed by atoms with Gasteiger partial charge in [-0.3, -0.25) is 4.79 Å². The summed E-state index contributed by atoms with van der Waals surface area (Å²) in [5.74, 6) is 1.83. The van der Waals surface area contributed by atoms with E-state index in [-0.39, 0.29) is 11.3 Å². The van der Waals surface area contributed by atoms with Crippen LogP contribution in [0.2, 0.25) is 5.02 Å². The number of halogens is 1. The van der Waals surface area contributed by atoms with Crippen molar-refractivity contribution in [1.82, 2.24) is 15.5 Å². The number of hydrogen-bond acceptors (Lipinski definition) is 3. The van der Waals surface area contributed by atoms with Gasteiger partial charge in [0.2, 0.25) is 5.91 Å². The maximum absolute atomic E-state index is 11.7. The summed E-state index contributed by atoms with van der Waals surface area (Å²) in [5, 5.41) is 7.03. The molecule has 1 aromatic carbocycles. The minimum absolute atomic E-state index is 0.0583. The summed E-state index contributed by atoms with van der Waals surface area (Å²) >= 11 is 5.97. The van der Waals surface area contributed by atoms with Gasteiger partial charge >= 0.3 is 0 Å². The van der Waals surface area contributed by atoms with Crippen molar-refractivity contribution in [2.45, 2.75) is 26.2 Å². The molecule has 2 saturated heterocycles. The molecule has 1 spiro atoms. The van der Waals surface area contributed by atoms with Crippen LogP contribution in [0.15, 0.2) is 29.3 Å². The number of carbonyl (C=O) groups is 1. The fourth-order valence-electron chi connectivity index (χ4n) is 3.73. The monoisotopic (exact) mass is 378 g/mol. The summed E-state index contributed by atoms with van der Waals surface area (Å²) in [5.41, 5.74) is 0.0583. The number of ether oxygens (including phenoxy) is 1. The molecule has 2 N–H and O–H groups in total. The van der Waals surface area contributed by atoms with Crippen LogP contribution in [0.25, 0.3) is 0 Å². The smallest absolute Gasteiger partial charge is 0.220 e. The largest absolute Gasteiger partial charge is 0.492 e. The molecule has 2 aliphatic rings. The molecular formula is C19H27ClN4O2. The average Bonchev–Trinajstić information content (AvgIpc) is 2.97. The molecule has 1 amide bonds. The van der Waals surface area contributed by atoms with Gasteiger partial charge in [-0.1, -0.05) is 17.7 Å². The first kappa shape index (κ1) is 18.8. The normalized spacial score (nSPS) is 23.2. The lowest BCUT2D eigenvalue weighted by Crippen LogP contribution is -2.51. The predicted molar refractivity (Wildman–Crippen MR) is 104 cm³/mol. The van der Waals surface area contributed by atoms with Crippen molar-refractivity contribution in [3.05, 3.63) is 29.3 Å². The third kappa shape index (κ3) is 4.81.